The monoisotopic (exact) mass is 271 g/mol. The molecule has 6 heteroatoms. The van der Waals surface area contributed by atoms with E-state index in [1.807, 2.05) is 0 Å². The van der Waals surface area contributed by atoms with Crippen LogP contribution in [0.15, 0.2) is 18.2 Å². The van der Waals surface area contributed by atoms with Gasteiger partial charge >= 0.3 is 0 Å². The molecule has 0 fully saturated rings. The van der Waals surface area contributed by atoms with E-state index in [0.717, 1.165) is 11.8 Å². The van der Waals surface area contributed by atoms with Crippen molar-refractivity contribution in [2.24, 2.45) is 0 Å². The van der Waals surface area contributed by atoms with E-state index >= 15 is 0 Å². The summed E-state index contributed by atoms with van der Waals surface area (Å²) in [4.78, 5) is 0. The van der Waals surface area contributed by atoms with Gasteiger partial charge in [-0.1, -0.05) is 6.07 Å². The predicted octanol–water partition coefficient (Wildman–Crippen LogP) is 1.13. The Morgan fingerprint density at radius 3 is 2.72 bits per heavy atom. The maximum atomic E-state index is 11.2. The third-order valence-electron chi connectivity index (χ3n) is 2.96. The van der Waals surface area contributed by atoms with Crippen LogP contribution < -0.4 is 9.46 Å². The molecule has 1 aliphatic rings. The van der Waals surface area contributed by atoms with Gasteiger partial charge in [0.25, 0.3) is 0 Å². The number of hydrogen-bond acceptors (Lipinski definition) is 4. The van der Waals surface area contributed by atoms with E-state index in [9.17, 15) is 13.5 Å². The second kappa shape index (κ2) is 4.13. The fraction of sp³-hybridized carbons (Fsp3) is 0.500. The highest BCUT2D eigenvalue weighted by atomic mass is 32.2. The van der Waals surface area contributed by atoms with Gasteiger partial charge < -0.3 is 9.84 Å². The average molecular weight is 271 g/mol. The predicted molar refractivity (Wildman–Crippen MR) is 69.3 cm³/mol. The highest BCUT2D eigenvalue weighted by Gasteiger charge is 2.35. The van der Waals surface area contributed by atoms with Crippen LogP contribution in [0.1, 0.15) is 19.4 Å². The van der Waals surface area contributed by atoms with Gasteiger partial charge in [0, 0.05) is 12.5 Å². The van der Waals surface area contributed by atoms with E-state index in [-0.39, 0.29) is 0 Å². The second-order valence-electron chi connectivity index (χ2n) is 5.12. The number of anilines is 1. The normalized spacial score (nSPS) is 21.9. The molecule has 1 aromatic rings. The third kappa shape index (κ3) is 2.76. The maximum absolute atomic E-state index is 11.2. The summed E-state index contributed by atoms with van der Waals surface area (Å²) in [5.41, 5.74) is 0.667. The van der Waals surface area contributed by atoms with Gasteiger partial charge in [-0.3, -0.25) is 4.72 Å². The van der Waals surface area contributed by atoms with Crippen molar-refractivity contribution in [3.63, 3.8) is 0 Å². The first-order valence-electron chi connectivity index (χ1n) is 5.65. The van der Waals surface area contributed by atoms with Crippen molar-refractivity contribution in [3.8, 4) is 5.75 Å². The summed E-state index contributed by atoms with van der Waals surface area (Å²) in [5.74, 6) is 0.610. The summed E-state index contributed by atoms with van der Waals surface area (Å²) < 4.78 is 30.4. The van der Waals surface area contributed by atoms with Gasteiger partial charge in [0.2, 0.25) is 10.0 Å². The summed E-state index contributed by atoms with van der Waals surface area (Å²) in [6.45, 7) is 3.61. The van der Waals surface area contributed by atoms with Gasteiger partial charge in [0.15, 0.2) is 0 Å². The van der Waals surface area contributed by atoms with Crippen LogP contribution in [0.5, 0.6) is 5.75 Å². The number of sulfonamides is 1. The van der Waals surface area contributed by atoms with Gasteiger partial charge in [0.05, 0.1) is 18.0 Å². The number of ether oxygens (including phenoxy) is 1. The number of fused-ring (bicyclic) bond motifs is 1. The molecular weight excluding hydrogens is 254 g/mol. The van der Waals surface area contributed by atoms with Crippen LogP contribution in [0.2, 0.25) is 0 Å². The van der Waals surface area contributed by atoms with Crippen LogP contribution in [0, 0.1) is 0 Å². The van der Waals surface area contributed by atoms with Crippen molar-refractivity contribution in [3.05, 3.63) is 23.8 Å². The van der Waals surface area contributed by atoms with Crippen molar-refractivity contribution < 1.29 is 18.3 Å². The molecule has 100 valence electrons. The number of aliphatic hydroxyl groups excluding tert-OH is 1. The molecular formula is C12H17NO4S. The molecule has 0 bridgehead atoms. The van der Waals surface area contributed by atoms with Crippen LogP contribution in [-0.2, 0) is 16.4 Å². The number of nitrogens with one attached hydrogen (secondary N) is 1. The van der Waals surface area contributed by atoms with Crippen LogP contribution in [0.25, 0.3) is 0 Å². The lowest BCUT2D eigenvalue weighted by atomic mass is 9.91. The van der Waals surface area contributed by atoms with Crippen LogP contribution >= 0.6 is 0 Å². The summed E-state index contributed by atoms with van der Waals surface area (Å²) in [6.07, 6.45) is 1.03. The number of aliphatic hydroxyl groups is 1. The minimum absolute atomic E-state index is 0.462. The topological polar surface area (TPSA) is 75.6 Å². The van der Waals surface area contributed by atoms with E-state index in [1.165, 1.54) is 0 Å². The molecule has 0 amide bonds. The molecule has 18 heavy (non-hydrogen) atoms. The van der Waals surface area contributed by atoms with Gasteiger partial charge in [-0.15, -0.1) is 0 Å². The molecule has 2 N–H and O–H groups in total. The fourth-order valence-corrected chi connectivity index (χ4v) is 2.46. The lowest BCUT2D eigenvalue weighted by molar-refractivity contribution is -0.0410. The van der Waals surface area contributed by atoms with Crippen molar-refractivity contribution in [2.45, 2.75) is 32.0 Å². The molecule has 0 aromatic heterocycles. The standard InChI is InChI=1S/C12H17NO4S/c1-12(2)11(14)6-8-4-5-9(7-10(8)17-12)13-18(3,15)16/h4-5,7,11,13-14H,6H2,1-3H3. The van der Waals surface area contributed by atoms with Crippen molar-refractivity contribution >= 4 is 15.7 Å². The average Bonchev–Trinajstić information content (AvgIpc) is 2.17. The lowest BCUT2D eigenvalue weighted by Gasteiger charge is -2.37. The highest BCUT2D eigenvalue weighted by Crippen LogP contribution is 2.35. The molecule has 2 rings (SSSR count). The molecule has 0 aliphatic carbocycles. The largest absolute Gasteiger partial charge is 0.485 e. The highest BCUT2D eigenvalue weighted by molar-refractivity contribution is 7.92. The molecule has 0 saturated heterocycles. The summed E-state index contributed by atoms with van der Waals surface area (Å²) in [5, 5.41) is 9.90. The number of benzene rings is 1. The lowest BCUT2D eigenvalue weighted by Crippen LogP contribution is -2.46. The van der Waals surface area contributed by atoms with Crippen molar-refractivity contribution in [1.82, 2.24) is 0 Å². The molecule has 1 aromatic carbocycles. The fourth-order valence-electron chi connectivity index (χ4n) is 1.90. The zero-order chi connectivity index (χ0) is 13.6. The van der Waals surface area contributed by atoms with Gasteiger partial charge in [0.1, 0.15) is 11.4 Å². The molecule has 1 atom stereocenters. The van der Waals surface area contributed by atoms with E-state index in [4.69, 9.17) is 4.74 Å². The van der Waals surface area contributed by atoms with Gasteiger partial charge in [-0.05, 0) is 25.5 Å². The van der Waals surface area contributed by atoms with Crippen LogP contribution in [-0.4, -0.2) is 31.5 Å². The van der Waals surface area contributed by atoms with Gasteiger partial charge in [-0.2, -0.15) is 0 Å². The summed E-state index contributed by atoms with van der Waals surface area (Å²) in [6, 6.07) is 5.07. The minimum atomic E-state index is -3.30. The molecule has 0 spiro atoms. The molecule has 1 heterocycles. The Hall–Kier alpha value is -1.27. The Labute approximate surface area is 107 Å². The molecule has 1 unspecified atom stereocenters. The van der Waals surface area contributed by atoms with Crippen LogP contribution in [0.3, 0.4) is 0 Å². The first-order chi connectivity index (χ1) is 8.17. The van der Waals surface area contributed by atoms with Crippen molar-refractivity contribution in [1.29, 1.82) is 0 Å². The number of rotatable bonds is 2. The molecule has 0 saturated carbocycles. The smallest absolute Gasteiger partial charge is 0.229 e. The van der Waals surface area contributed by atoms with E-state index in [2.05, 4.69) is 4.72 Å². The maximum Gasteiger partial charge on any atom is 0.229 e. The minimum Gasteiger partial charge on any atom is -0.485 e. The Bertz CT molecular complexity index is 565. The molecule has 0 radical (unpaired) electrons. The molecule has 5 nitrogen and oxygen atoms in total. The summed E-state index contributed by atoms with van der Waals surface area (Å²) in [7, 11) is -3.30. The second-order valence-corrected chi connectivity index (χ2v) is 6.87. The van der Waals surface area contributed by atoms with Gasteiger partial charge in [-0.25, -0.2) is 8.42 Å². The Morgan fingerprint density at radius 2 is 2.11 bits per heavy atom. The third-order valence-corrected chi connectivity index (χ3v) is 3.57. The SMILES string of the molecule is CC1(C)Oc2cc(NS(C)(=O)=O)ccc2CC1O. The first-order valence-corrected chi connectivity index (χ1v) is 7.54. The van der Waals surface area contributed by atoms with E-state index < -0.39 is 21.7 Å². The van der Waals surface area contributed by atoms with Crippen molar-refractivity contribution in [2.75, 3.05) is 11.0 Å². The van der Waals surface area contributed by atoms with E-state index in [1.54, 1.807) is 32.0 Å². The Balaban J connectivity index is 2.33. The van der Waals surface area contributed by atoms with Crippen LogP contribution in [0.4, 0.5) is 5.69 Å². The summed E-state index contributed by atoms with van der Waals surface area (Å²) >= 11 is 0. The number of hydrogen-bond donors (Lipinski definition) is 2. The zero-order valence-corrected chi connectivity index (χ0v) is 11.4. The quantitative estimate of drug-likeness (QED) is 0.845. The Kier molecular flexibility index (Phi) is 3.03. The zero-order valence-electron chi connectivity index (χ0n) is 10.6. The van der Waals surface area contributed by atoms with E-state index in [0.29, 0.717) is 17.9 Å². The molecule has 1 aliphatic heterocycles. The first kappa shape index (κ1) is 13.2. The Morgan fingerprint density at radius 1 is 1.44 bits per heavy atom.